The van der Waals surface area contributed by atoms with Crippen LogP contribution in [0.1, 0.15) is 25.8 Å². The van der Waals surface area contributed by atoms with Gasteiger partial charge in [0.05, 0.1) is 12.2 Å². The van der Waals surface area contributed by atoms with Gasteiger partial charge in [-0.05, 0) is 38.5 Å². The van der Waals surface area contributed by atoms with Crippen LogP contribution in [0.15, 0.2) is 18.2 Å². The number of rotatable bonds is 4. The van der Waals surface area contributed by atoms with Gasteiger partial charge in [0.2, 0.25) is 0 Å². The Bertz CT molecular complexity index is 438. The minimum absolute atomic E-state index is 0.200. The Morgan fingerprint density at radius 1 is 1.59 bits per heavy atom. The highest BCUT2D eigenvalue weighted by Gasteiger charge is 2.22. The fourth-order valence-corrected chi connectivity index (χ4v) is 1.60. The molecule has 17 heavy (non-hydrogen) atoms. The zero-order valence-electron chi connectivity index (χ0n) is 10.3. The van der Waals surface area contributed by atoms with Crippen molar-refractivity contribution in [3.63, 3.8) is 0 Å². The molecule has 0 heterocycles. The van der Waals surface area contributed by atoms with Crippen LogP contribution in [0.3, 0.4) is 0 Å². The summed E-state index contributed by atoms with van der Waals surface area (Å²) in [5, 5.41) is 8.80. The van der Waals surface area contributed by atoms with Crippen LogP contribution in [0.25, 0.3) is 0 Å². The monoisotopic (exact) mass is 236 g/mol. The highest BCUT2D eigenvalue weighted by atomic mass is 19.1. The molecule has 92 valence electrons. The Kier molecular flexibility index (Phi) is 4.08. The van der Waals surface area contributed by atoms with E-state index in [2.05, 4.69) is 0 Å². The first-order chi connectivity index (χ1) is 7.84. The van der Waals surface area contributed by atoms with E-state index in [1.807, 2.05) is 13.0 Å². The molecule has 3 nitrogen and oxygen atoms in total. The maximum Gasteiger partial charge on any atom is 0.165 e. The molecule has 2 atom stereocenters. The Labute approximate surface area is 101 Å². The van der Waals surface area contributed by atoms with Crippen molar-refractivity contribution in [2.24, 2.45) is 5.73 Å². The summed E-state index contributed by atoms with van der Waals surface area (Å²) in [6.45, 7) is 5.25. The fourth-order valence-electron chi connectivity index (χ4n) is 1.60. The van der Waals surface area contributed by atoms with Gasteiger partial charge in [-0.15, -0.1) is 0 Å². The van der Waals surface area contributed by atoms with Crippen LogP contribution in [0.5, 0.6) is 5.75 Å². The molecular formula is C13H17FN2O. The van der Waals surface area contributed by atoms with E-state index in [4.69, 9.17) is 15.7 Å². The van der Waals surface area contributed by atoms with Crippen LogP contribution in [0.4, 0.5) is 4.39 Å². The molecule has 4 heteroatoms. The molecule has 0 aliphatic rings. The molecule has 0 aromatic heterocycles. The number of nitriles is 1. The number of aryl methyl sites for hydroxylation is 1. The Morgan fingerprint density at radius 2 is 2.24 bits per heavy atom. The first-order valence-electron chi connectivity index (χ1n) is 5.47. The third kappa shape index (κ3) is 4.04. The summed E-state index contributed by atoms with van der Waals surface area (Å²) in [5.41, 5.74) is 5.67. The van der Waals surface area contributed by atoms with Crippen LogP contribution < -0.4 is 10.5 Å². The number of ether oxygens (including phenoxy) is 1. The van der Waals surface area contributed by atoms with E-state index in [0.29, 0.717) is 6.42 Å². The predicted molar refractivity (Wildman–Crippen MR) is 64.0 cm³/mol. The van der Waals surface area contributed by atoms with Gasteiger partial charge in [0.1, 0.15) is 5.54 Å². The van der Waals surface area contributed by atoms with Crippen LogP contribution in [-0.2, 0) is 0 Å². The summed E-state index contributed by atoms with van der Waals surface area (Å²) in [5.74, 6) is -0.204. The number of halogens is 1. The van der Waals surface area contributed by atoms with Crippen LogP contribution in [-0.4, -0.2) is 11.6 Å². The van der Waals surface area contributed by atoms with Crippen molar-refractivity contribution in [2.75, 3.05) is 0 Å². The average Bonchev–Trinajstić information content (AvgIpc) is 2.23. The Morgan fingerprint density at radius 3 is 2.82 bits per heavy atom. The minimum atomic E-state index is -0.959. The molecule has 1 aromatic rings. The van der Waals surface area contributed by atoms with Crippen molar-refractivity contribution >= 4 is 0 Å². The van der Waals surface area contributed by atoms with Crippen LogP contribution >= 0.6 is 0 Å². The summed E-state index contributed by atoms with van der Waals surface area (Å²) in [7, 11) is 0. The van der Waals surface area contributed by atoms with Crippen molar-refractivity contribution in [3.05, 3.63) is 29.6 Å². The van der Waals surface area contributed by atoms with Gasteiger partial charge in [-0.2, -0.15) is 5.26 Å². The van der Waals surface area contributed by atoms with Crippen molar-refractivity contribution in [2.45, 2.75) is 38.8 Å². The average molecular weight is 236 g/mol. The number of nitrogens with two attached hydrogens (primary N) is 1. The van der Waals surface area contributed by atoms with Crippen molar-refractivity contribution in [1.82, 2.24) is 0 Å². The lowest BCUT2D eigenvalue weighted by molar-refractivity contribution is 0.183. The molecule has 0 radical (unpaired) electrons. The molecule has 0 aliphatic carbocycles. The molecular weight excluding hydrogens is 219 g/mol. The lowest BCUT2D eigenvalue weighted by Gasteiger charge is -2.22. The molecule has 0 saturated heterocycles. The first kappa shape index (κ1) is 13.5. The topological polar surface area (TPSA) is 59.0 Å². The molecule has 2 N–H and O–H groups in total. The number of benzene rings is 1. The number of nitrogens with zero attached hydrogens (tertiary/aromatic N) is 1. The van der Waals surface area contributed by atoms with Gasteiger partial charge in [0, 0.05) is 6.42 Å². The second-order valence-corrected chi connectivity index (χ2v) is 4.60. The molecule has 0 spiro atoms. The Hall–Kier alpha value is -1.60. The zero-order chi connectivity index (χ0) is 13.1. The van der Waals surface area contributed by atoms with Gasteiger partial charge >= 0.3 is 0 Å². The van der Waals surface area contributed by atoms with E-state index in [1.165, 1.54) is 6.07 Å². The van der Waals surface area contributed by atoms with Gasteiger partial charge in [-0.25, -0.2) is 4.39 Å². The fraction of sp³-hybridized carbons (Fsp3) is 0.462. The third-order valence-corrected chi connectivity index (χ3v) is 2.38. The molecule has 0 aliphatic heterocycles. The van der Waals surface area contributed by atoms with E-state index in [1.54, 1.807) is 26.0 Å². The summed E-state index contributed by atoms with van der Waals surface area (Å²) in [4.78, 5) is 0. The first-order valence-corrected chi connectivity index (χ1v) is 5.47. The maximum atomic E-state index is 13.4. The highest BCUT2D eigenvalue weighted by Crippen LogP contribution is 2.21. The van der Waals surface area contributed by atoms with E-state index < -0.39 is 11.4 Å². The number of hydrogen-bond donors (Lipinski definition) is 1. The SMILES string of the molecule is Cc1ccc(F)c(OC(C)CC(C)(N)C#N)c1. The summed E-state index contributed by atoms with van der Waals surface area (Å²) >= 11 is 0. The van der Waals surface area contributed by atoms with E-state index >= 15 is 0 Å². The van der Waals surface area contributed by atoms with E-state index in [0.717, 1.165) is 5.56 Å². The largest absolute Gasteiger partial charge is 0.488 e. The standard InChI is InChI=1S/C13H17FN2O/c1-9-4-5-11(14)12(6-9)17-10(2)7-13(3,16)8-15/h4-6,10H,7,16H2,1-3H3. The lowest BCUT2D eigenvalue weighted by atomic mass is 9.98. The van der Waals surface area contributed by atoms with Crippen molar-refractivity contribution in [1.29, 1.82) is 5.26 Å². The van der Waals surface area contributed by atoms with Crippen LogP contribution in [0.2, 0.25) is 0 Å². The molecule has 0 amide bonds. The van der Waals surface area contributed by atoms with E-state index in [9.17, 15) is 4.39 Å². The minimum Gasteiger partial charge on any atom is -0.488 e. The summed E-state index contributed by atoms with van der Waals surface area (Å²) < 4.78 is 18.9. The number of hydrogen-bond acceptors (Lipinski definition) is 3. The third-order valence-electron chi connectivity index (χ3n) is 2.38. The second kappa shape index (κ2) is 5.15. The predicted octanol–water partition coefficient (Wildman–Crippen LogP) is 2.53. The van der Waals surface area contributed by atoms with Gasteiger partial charge < -0.3 is 10.5 Å². The summed E-state index contributed by atoms with van der Waals surface area (Å²) in [6.07, 6.45) is 0.0256. The molecule has 2 unspecified atom stereocenters. The van der Waals surface area contributed by atoms with E-state index in [-0.39, 0.29) is 11.9 Å². The van der Waals surface area contributed by atoms with Crippen molar-refractivity contribution in [3.8, 4) is 11.8 Å². The normalized spacial score (nSPS) is 15.8. The van der Waals surface area contributed by atoms with Crippen molar-refractivity contribution < 1.29 is 9.13 Å². The Balaban J connectivity index is 2.72. The van der Waals surface area contributed by atoms with Gasteiger partial charge in [-0.3, -0.25) is 0 Å². The smallest absolute Gasteiger partial charge is 0.165 e. The van der Waals surface area contributed by atoms with Gasteiger partial charge in [-0.1, -0.05) is 6.07 Å². The molecule has 0 saturated carbocycles. The lowest BCUT2D eigenvalue weighted by Crippen LogP contribution is -2.38. The molecule has 1 aromatic carbocycles. The maximum absolute atomic E-state index is 13.4. The molecule has 0 fully saturated rings. The molecule has 1 rings (SSSR count). The second-order valence-electron chi connectivity index (χ2n) is 4.60. The van der Waals surface area contributed by atoms with Gasteiger partial charge in [0.25, 0.3) is 0 Å². The highest BCUT2D eigenvalue weighted by molar-refractivity contribution is 5.29. The zero-order valence-corrected chi connectivity index (χ0v) is 10.3. The molecule has 0 bridgehead atoms. The summed E-state index contributed by atoms with van der Waals surface area (Å²) in [6, 6.07) is 6.66. The quantitative estimate of drug-likeness (QED) is 0.873. The van der Waals surface area contributed by atoms with Gasteiger partial charge in [0.15, 0.2) is 11.6 Å². The van der Waals surface area contributed by atoms with Crippen LogP contribution in [0, 0.1) is 24.1 Å².